The lowest BCUT2D eigenvalue weighted by atomic mass is 10.1. The van der Waals surface area contributed by atoms with E-state index in [0.717, 1.165) is 16.8 Å². The second-order valence-electron chi connectivity index (χ2n) is 5.77. The molecule has 3 rings (SSSR count). The van der Waals surface area contributed by atoms with Gasteiger partial charge in [-0.05, 0) is 55.3 Å². The van der Waals surface area contributed by atoms with E-state index in [1.807, 2.05) is 32.0 Å². The zero-order valence-electron chi connectivity index (χ0n) is 14.9. The monoisotopic (exact) mass is 382 g/mol. The molecule has 7 nitrogen and oxygen atoms in total. The van der Waals surface area contributed by atoms with Crippen molar-refractivity contribution < 1.29 is 14.0 Å². The van der Waals surface area contributed by atoms with Crippen molar-refractivity contribution >= 4 is 35.1 Å². The van der Waals surface area contributed by atoms with Gasteiger partial charge in [0, 0.05) is 5.69 Å². The van der Waals surface area contributed by atoms with Crippen LogP contribution in [0.1, 0.15) is 21.7 Å². The van der Waals surface area contributed by atoms with Gasteiger partial charge >= 0.3 is 0 Å². The summed E-state index contributed by atoms with van der Waals surface area (Å²) in [5, 5.41) is 14.0. The highest BCUT2D eigenvalue weighted by atomic mass is 32.2. The van der Waals surface area contributed by atoms with Crippen LogP contribution in [0.15, 0.2) is 58.2 Å². The predicted molar refractivity (Wildman–Crippen MR) is 104 cm³/mol. The zero-order chi connectivity index (χ0) is 19.2. The quantitative estimate of drug-likeness (QED) is 0.632. The summed E-state index contributed by atoms with van der Waals surface area (Å²) >= 11 is 1.27. The summed E-state index contributed by atoms with van der Waals surface area (Å²) in [6.07, 6.45) is 1.42. The molecule has 27 heavy (non-hydrogen) atoms. The van der Waals surface area contributed by atoms with E-state index in [9.17, 15) is 9.59 Å². The molecule has 0 aliphatic heterocycles. The molecule has 0 atom stereocenters. The minimum atomic E-state index is -0.400. The molecule has 0 aliphatic carbocycles. The van der Waals surface area contributed by atoms with Gasteiger partial charge in [-0.1, -0.05) is 23.9 Å². The number of anilines is 2. The molecule has 0 radical (unpaired) electrons. The van der Waals surface area contributed by atoms with E-state index in [2.05, 4.69) is 20.8 Å². The van der Waals surface area contributed by atoms with Gasteiger partial charge in [0.05, 0.1) is 12.0 Å². The maximum Gasteiger partial charge on any atom is 0.292 e. The molecular weight excluding hydrogens is 364 g/mol. The Morgan fingerprint density at radius 1 is 1.04 bits per heavy atom. The Morgan fingerprint density at radius 3 is 2.59 bits per heavy atom. The number of benzene rings is 1. The van der Waals surface area contributed by atoms with E-state index in [4.69, 9.17) is 4.42 Å². The van der Waals surface area contributed by atoms with Crippen LogP contribution in [-0.4, -0.2) is 27.8 Å². The largest absolute Gasteiger partial charge is 0.459 e. The van der Waals surface area contributed by atoms with E-state index in [0.29, 0.717) is 10.8 Å². The fourth-order valence-electron chi connectivity index (χ4n) is 2.26. The zero-order valence-corrected chi connectivity index (χ0v) is 15.7. The summed E-state index contributed by atoms with van der Waals surface area (Å²) < 4.78 is 5.01. The Labute approximate surface area is 160 Å². The number of rotatable bonds is 6. The molecule has 0 aliphatic rings. The maximum atomic E-state index is 12.1. The number of aryl methyl sites for hydroxylation is 1. The molecular formula is C19H18N4O3S. The number of carbonyl (C=O) groups excluding carboxylic acids is 2. The fourth-order valence-corrected chi connectivity index (χ4v) is 2.88. The van der Waals surface area contributed by atoms with Crippen LogP contribution in [0, 0.1) is 13.8 Å². The van der Waals surface area contributed by atoms with Gasteiger partial charge in [-0.3, -0.25) is 9.59 Å². The Hall–Kier alpha value is -3.13. The van der Waals surface area contributed by atoms with Crippen LogP contribution < -0.4 is 10.6 Å². The van der Waals surface area contributed by atoms with Gasteiger partial charge in [-0.2, -0.15) is 0 Å². The Bertz CT molecular complexity index is 940. The molecule has 0 fully saturated rings. The van der Waals surface area contributed by atoms with Gasteiger partial charge in [0.25, 0.3) is 5.91 Å². The van der Waals surface area contributed by atoms with Gasteiger partial charge < -0.3 is 15.1 Å². The van der Waals surface area contributed by atoms with Crippen molar-refractivity contribution in [3.05, 3.63) is 65.6 Å². The first-order chi connectivity index (χ1) is 13.0. The Balaban J connectivity index is 1.51. The summed E-state index contributed by atoms with van der Waals surface area (Å²) in [7, 11) is 0. The van der Waals surface area contributed by atoms with Gasteiger partial charge in [-0.15, -0.1) is 10.2 Å². The highest BCUT2D eigenvalue weighted by molar-refractivity contribution is 7.99. The highest BCUT2D eigenvalue weighted by Crippen LogP contribution is 2.20. The molecule has 0 unspecified atom stereocenters. The topological polar surface area (TPSA) is 97.1 Å². The van der Waals surface area contributed by atoms with E-state index in [-0.39, 0.29) is 17.4 Å². The number of carbonyl (C=O) groups is 2. The molecule has 0 saturated carbocycles. The summed E-state index contributed by atoms with van der Waals surface area (Å²) in [5.74, 6) is 0.187. The molecule has 3 aromatic rings. The molecule has 1 aromatic carbocycles. The van der Waals surface area contributed by atoms with Crippen molar-refractivity contribution in [1.82, 2.24) is 10.2 Å². The minimum Gasteiger partial charge on any atom is -0.459 e. The number of aromatic nitrogens is 2. The molecule has 0 saturated heterocycles. The highest BCUT2D eigenvalue weighted by Gasteiger charge is 2.11. The van der Waals surface area contributed by atoms with Crippen molar-refractivity contribution in [2.75, 3.05) is 16.4 Å². The van der Waals surface area contributed by atoms with Crippen molar-refractivity contribution in [1.29, 1.82) is 0 Å². The summed E-state index contributed by atoms with van der Waals surface area (Å²) in [4.78, 5) is 24.0. The third kappa shape index (κ3) is 4.95. The van der Waals surface area contributed by atoms with Crippen LogP contribution in [0.5, 0.6) is 0 Å². The average Bonchev–Trinajstić information content (AvgIpc) is 3.20. The second kappa shape index (κ2) is 8.50. The Kier molecular flexibility index (Phi) is 5.87. The van der Waals surface area contributed by atoms with Crippen molar-refractivity contribution in [3.8, 4) is 0 Å². The second-order valence-corrected chi connectivity index (χ2v) is 6.77. The summed E-state index contributed by atoms with van der Waals surface area (Å²) in [6, 6.07) is 12.3. The molecule has 138 valence electrons. The van der Waals surface area contributed by atoms with Crippen LogP contribution in [-0.2, 0) is 4.79 Å². The number of amides is 2. The number of furan rings is 1. The smallest absolute Gasteiger partial charge is 0.292 e. The van der Waals surface area contributed by atoms with Gasteiger partial charge in [-0.25, -0.2) is 0 Å². The lowest BCUT2D eigenvalue weighted by molar-refractivity contribution is -0.113. The first kappa shape index (κ1) is 18.7. The van der Waals surface area contributed by atoms with Crippen molar-refractivity contribution in [3.63, 3.8) is 0 Å². The average molecular weight is 382 g/mol. The Morgan fingerprint density at radius 2 is 1.89 bits per heavy atom. The third-order valence-corrected chi connectivity index (χ3v) is 4.78. The van der Waals surface area contributed by atoms with Crippen LogP contribution in [0.2, 0.25) is 0 Å². The third-order valence-electron chi connectivity index (χ3n) is 3.86. The number of nitrogens with one attached hydrogen (secondary N) is 2. The van der Waals surface area contributed by atoms with Crippen molar-refractivity contribution in [2.24, 2.45) is 0 Å². The number of hydrogen-bond donors (Lipinski definition) is 2. The molecule has 2 heterocycles. The van der Waals surface area contributed by atoms with Crippen LogP contribution in [0.25, 0.3) is 0 Å². The van der Waals surface area contributed by atoms with Gasteiger partial charge in [0.1, 0.15) is 5.03 Å². The minimum absolute atomic E-state index is 0.120. The normalized spacial score (nSPS) is 10.4. The first-order valence-corrected chi connectivity index (χ1v) is 9.19. The lowest BCUT2D eigenvalue weighted by Gasteiger charge is -2.10. The molecule has 2 aromatic heterocycles. The maximum absolute atomic E-state index is 12.1. The molecule has 8 heteroatoms. The van der Waals surface area contributed by atoms with Crippen LogP contribution >= 0.6 is 11.8 Å². The molecule has 0 spiro atoms. The van der Waals surface area contributed by atoms with Gasteiger partial charge in [0.15, 0.2) is 11.6 Å². The van der Waals surface area contributed by atoms with E-state index in [1.54, 1.807) is 24.3 Å². The van der Waals surface area contributed by atoms with E-state index >= 15 is 0 Å². The van der Waals surface area contributed by atoms with Crippen LogP contribution in [0.4, 0.5) is 11.5 Å². The van der Waals surface area contributed by atoms with Crippen molar-refractivity contribution in [2.45, 2.75) is 18.9 Å². The van der Waals surface area contributed by atoms with E-state index < -0.39 is 5.91 Å². The summed E-state index contributed by atoms with van der Waals surface area (Å²) in [6.45, 7) is 3.97. The number of nitrogens with zero attached hydrogens (tertiary/aromatic N) is 2. The summed E-state index contributed by atoms with van der Waals surface area (Å²) in [5.41, 5.74) is 2.98. The number of hydrogen-bond acceptors (Lipinski definition) is 6. The van der Waals surface area contributed by atoms with Crippen LogP contribution in [0.3, 0.4) is 0 Å². The molecule has 2 amide bonds. The fraction of sp³-hybridized carbons (Fsp3) is 0.158. The predicted octanol–water partition coefficient (Wildman–Crippen LogP) is 3.67. The molecule has 0 bridgehead atoms. The SMILES string of the molecule is Cc1cccc(NC(=O)CSc2ccc(NC(=O)c3ccco3)nn2)c1C. The lowest BCUT2D eigenvalue weighted by Crippen LogP contribution is -2.15. The van der Waals surface area contributed by atoms with Gasteiger partial charge in [0.2, 0.25) is 5.91 Å². The number of thioether (sulfide) groups is 1. The first-order valence-electron chi connectivity index (χ1n) is 8.20. The standard InChI is InChI=1S/C19H18N4O3S/c1-12-5-3-6-14(13(12)2)20-17(24)11-27-18-9-8-16(22-23-18)21-19(25)15-7-4-10-26-15/h3-10H,11H2,1-2H3,(H,20,24)(H,21,22,25). The molecule has 2 N–H and O–H groups in total. The van der Waals surface area contributed by atoms with E-state index in [1.165, 1.54) is 18.0 Å².